The van der Waals surface area contributed by atoms with E-state index in [1.165, 1.54) is 5.56 Å². The maximum absolute atomic E-state index is 9.10. The summed E-state index contributed by atoms with van der Waals surface area (Å²) in [6, 6.07) is 21.8. The first-order chi connectivity index (χ1) is 12.6. The number of nitriles is 2. The molecule has 1 heterocycles. The Hall–Kier alpha value is -3.63. The molecule has 2 aromatic carbocycles. The maximum atomic E-state index is 9.10. The molecule has 0 spiro atoms. The zero-order valence-electron chi connectivity index (χ0n) is 14.7. The van der Waals surface area contributed by atoms with E-state index in [0.29, 0.717) is 5.92 Å². The Bertz CT molecular complexity index is 995. The van der Waals surface area contributed by atoms with Crippen LogP contribution in [-0.4, -0.2) is 9.78 Å². The molecule has 0 atom stereocenters. The first-order valence-electron chi connectivity index (χ1n) is 8.39. The van der Waals surface area contributed by atoms with Gasteiger partial charge in [-0.05, 0) is 29.7 Å². The van der Waals surface area contributed by atoms with Crippen molar-refractivity contribution in [2.45, 2.75) is 19.8 Å². The quantitative estimate of drug-likeness (QED) is 0.622. The first kappa shape index (κ1) is 17.2. The smallest absolute Gasteiger partial charge is 0.130 e. The molecular weight excluding hydrogens is 320 g/mol. The SMILES string of the molecule is CC(C)c1ccc(-c2nn(-c3ccccc3)cc2C=C(C#N)C#N)cc1. The lowest BCUT2D eigenvalue weighted by atomic mass is 9.99. The number of hydrogen-bond donors (Lipinski definition) is 0. The van der Waals surface area contributed by atoms with Crippen molar-refractivity contribution in [3.63, 3.8) is 0 Å². The molecule has 0 bridgehead atoms. The average molecular weight is 338 g/mol. The second-order valence-corrected chi connectivity index (χ2v) is 6.27. The van der Waals surface area contributed by atoms with E-state index in [0.717, 1.165) is 22.5 Å². The van der Waals surface area contributed by atoms with Crippen LogP contribution in [-0.2, 0) is 0 Å². The van der Waals surface area contributed by atoms with Crippen molar-refractivity contribution in [1.82, 2.24) is 9.78 Å². The normalized spacial score (nSPS) is 10.2. The largest absolute Gasteiger partial charge is 0.240 e. The van der Waals surface area contributed by atoms with Crippen LogP contribution in [0.15, 0.2) is 66.4 Å². The molecule has 0 unspecified atom stereocenters. The second-order valence-electron chi connectivity index (χ2n) is 6.27. The molecule has 0 radical (unpaired) electrons. The lowest BCUT2D eigenvalue weighted by molar-refractivity contribution is 0.866. The molecule has 26 heavy (non-hydrogen) atoms. The third-order valence-corrected chi connectivity index (χ3v) is 4.15. The van der Waals surface area contributed by atoms with Gasteiger partial charge in [-0.2, -0.15) is 15.6 Å². The number of para-hydroxylation sites is 1. The molecule has 3 aromatic rings. The fourth-order valence-electron chi connectivity index (χ4n) is 2.70. The van der Waals surface area contributed by atoms with E-state index in [-0.39, 0.29) is 5.57 Å². The highest BCUT2D eigenvalue weighted by atomic mass is 15.3. The van der Waals surface area contributed by atoms with E-state index in [4.69, 9.17) is 15.6 Å². The Morgan fingerprint density at radius 1 is 1.00 bits per heavy atom. The maximum Gasteiger partial charge on any atom is 0.130 e. The van der Waals surface area contributed by atoms with Crippen LogP contribution in [0.2, 0.25) is 0 Å². The molecule has 0 fully saturated rings. The summed E-state index contributed by atoms with van der Waals surface area (Å²) < 4.78 is 1.77. The van der Waals surface area contributed by atoms with Gasteiger partial charge < -0.3 is 0 Å². The summed E-state index contributed by atoms with van der Waals surface area (Å²) >= 11 is 0. The molecule has 3 rings (SSSR count). The van der Waals surface area contributed by atoms with Crippen molar-refractivity contribution in [2.24, 2.45) is 0 Å². The number of rotatable bonds is 4. The van der Waals surface area contributed by atoms with E-state index < -0.39 is 0 Å². The Balaban J connectivity index is 2.13. The fraction of sp³-hybridized carbons (Fsp3) is 0.136. The monoisotopic (exact) mass is 338 g/mol. The molecule has 0 saturated heterocycles. The molecular formula is C22H18N4. The Morgan fingerprint density at radius 3 is 2.23 bits per heavy atom. The van der Waals surface area contributed by atoms with Gasteiger partial charge in [0.2, 0.25) is 0 Å². The van der Waals surface area contributed by atoms with Gasteiger partial charge in [0.25, 0.3) is 0 Å². The van der Waals surface area contributed by atoms with Crippen molar-refractivity contribution in [3.8, 4) is 29.1 Å². The van der Waals surface area contributed by atoms with Crippen molar-refractivity contribution >= 4 is 6.08 Å². The molecule has 0 saturated carbocycles. The summed E-state index contributed by atoms with van der Waals surface area (Å²) in [5.41, 5.74) is 4.66. The minimum atomic E-state index is 0.0534. The summed E-state index contributed by atoms with van der Waals surface area (Å²) in [5, 5.41) is 22.9. The minimum absolute atomic E-state index is 0.0534. The average Bonchev–Trinajstić information content (AvgIpc) is 3.10. The summed E-state index contributed by atoms with van der Waals surface area (Å²) in [6.07, 6.45) is 3.42. The summed E-state index contributed by atoms with van der Waals surface area (Å²) in [6.45, 7) is 4.30. The van der Waals surface area contributed by atoms with Crippen LogP contribution in [0.1, 0.15) is 30.9 Å². The summed E-state index contributed by atoms with van der Waals surface area (Å²) in [7, 11) is 0. The molecule has 0 aliphatic carbocycles. The predicted octanol–water partition coefficient (Wildman–Crippen LogP) is 5.09. The summed E-state index contributed by atoms with van der Waals surface area (Å²) in [4.78, 5) is 0. The van der Waals surface area contributed by atoms with E-state index in [9.17, 15) is 0 Å². The number of nitrogens with zero attached hydrogens (tertiary/aromatic N) is 4. The van der Waals surface area contributed by atoms with Gasteiger partial charge in [0.05, 0.1) is 5.69 Å². The standard InChI is InChI=1S/C22H18N4/c1-16(2)18-8-10-19(11-9-18)22-20(12-17(13-23)14-24)15-26(25-22)21-6-4-3-5-7-21/h3-12,15-16H,1-2H3. The van der Waals surface area contributed by atoms with E-state index in [1.807, 2.05) is 60.8 Å². The Labute approximate surface area is 153 Å². The number of benzene rings is 2. The predicted molar refractivity (Wildman–Crippen MR) is 102 cm³/mol. The fourth-order valence-corrected chi connectivity index (χ4v) is 2.70. The van der Waals surface area contributed by atoms with Crippen LogP contribution in [0.5, 0.6) is 0 Å². The number of allylic oxidation sites excluding steroid dienone is 1. The third kappa shape index (κ3) is 3.55. The zero-order valence-corrected chi connectivity index (χ0v) is 14.7. The Kier molecular flexibility index (Phi) is 4.97. The molecule has 126 valence electrons. The molecule has 0 aliphatic rings. The van der Waals surface area contributed by atoms with Gasteiger partial charge in [-0.25, -0.2) is 4.68 Å². The van der Waals surface area contributed by atoms with Crippen LogP contribution in [0, 0.1) is 22.7 Å². The van der Waals surface area contributed by atoms with E-state index in [1.54, 1.807) is 10.8 Å². The highest BCUT2D eigenvalue weighted by molar-refractivity contribution is 5.75. The molecule has 1 aromatic heterocycles. The number of hydrogen-bond acceptors (Lipinski definition) is 3. The highest BCUT2D eigenvalue weighted by Gasteiger charge is 2.12. The minimum Gasteiger partial charge on any atom is -0.240 e. The van der Waals surface area contributed by atoms with Gasteiger partial charge in [-0.3, -0.25) is 0 Å². The van der Waals surface area contributed by atoms with Gasteiger partial charge in [0.15, 0.2) is 0 Å². The van der Waals surface area contributed by atoms with Crippen LogP contribution in [0.25, 0.3) is 23.0 Å². The number of aromatic nitrogens is 2. The molecule has 4 heteroatoms. The topological polar surface area (TPSA) is 65.4 Å². The highest BCUT2D eigenvalue weighted by Crippen LogP contribution is 2.27. The lowest BCUT2D eigenvalue weighted by Crippen LogP contribution is -1.94. The van der Waals surface area contributed by atoms with Crippen LogP contribution < -0.4 is 0 Å². The van der Waals surface area contributed by atoms with Gasteiger partial charge in [0.1, 0.15) is 23.4 Å². The first-order valence-corrected chi connectivity index (χ1v) is 8.39. The van der Waals surface area contributed by atoms with Crippen molar-refractivity contribution in [1.29, 1.82) is 10.5 Å². The summed E-state index contributed by atoms with van der Waals surface area (Å²) in [5.74, 6) is 0.453. The molecule has 4 nitrogen and oxygen atoms in total. The van der Waals surface area contributed by atoms with Gasteiger partial charge in [-0.1, -0.05) is 56.3 Å². The third-order valence-electron chi connectivity index (χ3n) is 4.15. The van der Waals surface area contributed by atoms with Crippen molar-refractivity contribution in [2.75, 3.05) is 0 Å². The molecule has 0 aliphatic heterocycles. The van der Waals surface area contributed by atoms with Crippen LogP contribution in [0.3, 0.4) is 0 Å². The second kappa shape index (κ2) is 7.51. The lowest BCUT2D eigenvalue weighted by Gasteiger charge is -2.06. The van der Waals surface area contributed by atoms with Gasteiger partial charge in [-0.15, -0.1) is 0 Å². The molecule has 0 N–H and O–H groups in total. The van der Waals surface area contributed by atoms with Crippen molar-refractivity contribution < 1.29 is 0 Å². The van der Waals surface area contributed by atoms with Gasteiger partial charge >= 0.3 is 0 Å². The van der Waals surface area contributed by atoms with Gasteiger partial charge in [0, 0.05) is 17.3 Å². The van der Waals surface area contributed by atoms with E-state index in [2.05, 4.69) is 26.0 Å². The van der Waals surface area contributed by atoms with E-state index >= 15 is 0 Å². The Morgan fingerprint density at radius 2 is 1.65 bits per heavy atom. The zero-order chi connectivity index (χ0) is 18.5. The van der Waals surface area contributed by atoms with Crippen LogP contribution in [0.4, 0.5) is 0 Å². The van der Waals surface area contributed by atoms with Crippen molar-refractivity contribution in [3.05, 3.63) is 77.5 Å². The van der Waals surface area contributed by atoms with Crippen LogP contribution >= 0.6 is 0 Å². The molecule has 0 amide bonds.